The molecule has 1 aliphatic heterocycles. The van der Waals surface area contributed by atoms with E-state index in [-0.39, 0.29) is 11.6 Å². The lowest BCUT2D eigenvalue weighted by Gasteiger charge is -2.07. The van der Waals surface area contributed by atoms with Gasteiger partial charge in [0.2, 0.25) is 5.03 Å². The van der Waals surface area contributed by atoms with E-state index in [0.717, 1.165) is 11.1 Å². The van der Waals surface area contributed by atoms with E-state index < -0.39 is 11.2 Å². The zero-order valence-corrected chi connectivity index (χ0v) is 10.8. The van der Waals surface area contributed by atoms with Crippen LogP contribution in [0.25, 0.3) is 11.1 Å². The Kier molecular flexibility index (Phi) is 2.76. The van der Waals surface area contributed by atoms with E-state index in [4.69, 9.17) is 0 Å². The lowest BCUT2D eigenvalue weighted by molar-refractivity contribution is 0.564. The van der Waals surface area contributed by atoms with Crippen molar-refractivity contribution in [3.8, 4) is 11.1 Å². The highest BCUT2D eigenvalue weighted by molar-refractivity contribution is 7.91. The van der Waals surface area contributed by atoms with Crippen LogP contribution in [-0.4, -0.2) is 14.9 Å². The molecule has 0 aliphatic carbocycles. The maximum absolute atomic E-state index is 12.1. The molecule has 0 radical (unpaired) electrons. The van der Waals surface area contributed by atoms with Crippen LogP contribution in [0.15, 0.2) is 52.3 Å². The summed E-state index contributed by atoms with van der Waals surface area (Å²) in [5, 5.41) is 0.647. The molecule has 1 aliphatic rings. The second-order valence-electron chi connectivity index (χ2n) is 4.52. The fourth-order valence-corrected chi connectivity index (χ4v) is 3.85. The number of rotatable bonds is 1. The largest absolute Gasteiger partial charge is 0.610 e. The van der Waals surface area contributed by atoms with Crippen molar-refractivity contribution in [1.82, 2.24) is 4.57 Å². The smallest absolute Gasteiger partial charge is 0.255 e. The molecule has 0 saturated heterocycles. The fourth-order valence-electron chi connectivity index (χ4n) is 2.34. The lowest BCUT2D eigenvalue weighted by atomic mass is 10.1. The molecule has 4 heteroatoms. The monoisotopic (exact) mass is 259 g/mol. The lowest BCUT2D eigenvalue weighted by Crippen LogP contribution is -2.21. The Morgan fingerprint density at radius 3 is 2.67 bits per heavy atom. The topological polar surface area (TPSA) is 45.1 Å². The third-order valence-electron chi connectivity index (χ3n) is 3.21. The van der Waals surface area contributed by atoms with Crippen LogP contribution in [0.1, 0.15) is 13.0 Å². The van der Waals surface area contributed by atoms with Gasteiger partial charge in [0.1, 0.15) is 5.75 Å². The molecule has 2 heterocycles. The fraction of sp³-hybridized carbons (Fsp3) is 0.214. The molecule has 2 unspecified atom stereocenters. The maximum Gasteiger partial charge on any atom is 0.255 e. The highest BCUT2D eigenvalue weighted by Gasteiger charge is 2.32. The van der Waals surface area contributed by atoms with Crippen molar-refractivity contribution >= 4 is 11.2 Å². The second-order valence-corrected chi connectivity index (χ2v) is 5.96. The molecule has 0 spiro atoms. The van der Waals surface area contributed by atoms with Crippen LogP contribution in [0.2, 0.25) is 0 Å². The van der Waals surface area contributed by atoms with Crippen LogP contribution in [0.5, 0.6) is 0 Å². The number of nitrogens with zero attached hydrogens (tertiary/aromatic N) is 1. The zero-order valence-electron chi connectivity index (χ0n) is 10.00. The Morgan fingerprint density at radius 2 is 1.94 bits per heavy atom. The molecule has 0 saturated carbocycles. The van der Waals surface area contributed by atoms with E-state index in [1.54, 1.807) is 10.6 Å². The first-order chi connectivity index (χ1) is 8.66. The van der Waals surface area contributed by atoms with Gasteiger partial charge in [-0.15, -0.1) is 0 Å². The summed E-state index contributed by atoms with van der Waals surface area (Å²) in [7, 11) is 0. The summed E-state index contributed by atoms with van der Waals surface area (Å²) in [4.78, 5) is 12.1. The molecule has 2 atom stereocenters. The van der Waals surface area contributed by atoms with Crippen molar-refractivity contribution in [2.75, 3.05) is 5.75 Å². The van der Waals surface area contributed by atoms with E-state index in [2.05, 4.69) is 0 Å². The van der Waals surface area contributed by atoms with E-state index in [9.17, 15) is 9.35 Å². The minimum Gasteiger partial charge on any atom is -0.610 e. The molecule has 0 amide bonds. The van der Waals surface area contributed by atoms with Gasteiger partial charge in [0.25, 0.3) is 5.56 Å². The summed E-state index contributed by atoms with van der Waals surface area (Å²) in [6, 6.07) is 13.2. The summed E-state index contributed by atoms with van der Waals surface area (Å²) in [6.45, 7) is 1.93. The van der Waals surface area contributed by atoms with Crippen LogP contribution >= 0.6 is 0 Å². The Bertz CT molecular complexity index is 636. The van der Waals surface area contributed by atoms with E-state index in [1.807, 2.05) is 43.3 Å². The summed E-state index contributed by atoms with van der Waals surface area (Å²) in [6.07, 6.45) is 0. The van der Waals surface area contributed by atoms with Crippen LogP contribution < -0.4 is 5.56 Å². The van der Waals surface area contributed by atoms with E-state index >= 15 is 0 Å². The van der Waals surface area contributed by atoms with Crippen molar-refractivity contribution < 1.29 is 4.55 Å². The van der Waals surface area contributed by atoms with Crippen LogP contribution in [0, 0.1) is 0 Å². The van der Waals surface area contributed by atoms with Crippen LogP contribution in [0.3, 0.4) is 0 Å². The molecular formula is C14H13NO2S. The molecule has 18 heavy (non-hydrogen) atoms. The van der Waals surface area contributed by atoms with Crippen LogP contribution in [-0.2, 0) is 11.2 Å². The predicted octanol–water partition coefficient (Wildman–Crippen LogP) is 2.20. The number of hydrogen-bond acceptors (Lipinski definition) is 2. The molecule has 0 bridgehead atoms. The van der Waals surface area contributed by atoms with Gasteiger partial charge in [-0.3, -0.25) is 9.36 Å². The van der Waals surface area contributed by atoms with Crippen LogP contribution in [0.4, 0.5) is 0 Å². The van der Waals surface area contributed by atoms with Gasteiger partial charge in [0.15, 0.2) is 0 Å². The minimum absolute atomic E-state index is 0.0261. The Balaban J connectivity index is 2.19. The van der Waals surface area contributed by atoms with Gasteiger partial charge < -0.3 is 4.55 Å². The quantitative estimate of drug-likeness (QED) is 0.737. The molecular weight excluding hydrogens is 246 g/mol. The molecule has 3 nitrogen and oxygen atoms in total. The Hall–Kier alpha value is -1.52. The van der Waals surface area contributed by atoms with Crippen molar-refractivity contribution in [3.05, 3.63) is 52.8 Å². The van der Waals surface area contributed by atoms with Crippen molar-refractivity contribution in [1.29, 1.82) is 0 Å². The summed E-state index contributed by atoms with van der Waals surface area (Å²) < 4.78 is 13.6. The Labute approximate surface area is 108 Å². The normalized spacial score (nSPS) is 21.9. The number of hydrogen-bond donors (Lipinski definition) is 0. The van der Waals surface area contributed by atoms with Crippen molar-refractivity contribution in [2.45, 2.75) is 18.0 Å². The number of fused-ring (bicyclic) bond motifs is 1. The molecule has 0 N–H and O–H groups in total. The third kappa shape index (κ3) is 1.78. The van der Waals surface area contributed by atoms with Gasteiger partial charge in [-0.2, -0.15) is 0 Å². The minimum atomic E-state index is -1.06. The van der Waals surface area contributed by atoms with Gasteiger partial charge >= 0.3 is 0 Å². The summed E-state index contributed by atoms with van der Waals surface area (Å²) in [5.74, 6) is 0.535. The Morgan fingerprint density at radius 1 is 1.22 bits per heavy atom. The van der Waals surface area contributed by atoms with E-state index in [1.165, 1.54) is 0 Å². The summed E-state index contributed by atoms with van der Waals surface area (Å²) >= 11 is -1.06. The molecule has 92 valence electrons. The highest BCUT2D eigenvalue weighted by Crippen LogP contribution is 2.29. The highest BCUT2D eigenvalue weighted by atomic mass is 32.2. The maximum atomic E-state index is 12.1. The standard InChI is InChI=1S/C14H13NO2S/c1-10-9-18(17)14-8-12(7-13(16)15(10)14)11-5-3-2-4-6-11/h2-8,10H,9H2,1H3. The first-order valence-electron chi connectivity index (χ1n) is 5.87. The average Bonchev–Trinajstić information content (AvgIpc) is 2.66. The van der Waals surface area contributed by atoms with Gasteiger partial charge in [0.05, 0.1) is 6.04 Å². The molecule has 1 aromatic carbocycles. The van der Waals surface area contributed by atoms with Gasteiger partial charge in [-0.1, -0.05) is 30.3 Å². The average molecular weight is 259 g/mol. The number of pyridine rings is 1. The first-order valence-corrected chi connectivity index (χ1v) is 7.19. The summed E-state index contributed by atoms with van der Waals surface area (Å²) in [5.41, 5.74) is 1.76. The number of aromatic nitrogens is 1. The second kappa shape index (κ2) is 4.30. The molecule has 0 fully saturated rings. The SMILES string of the molecule is CC1C[S+]([O-])c2cc(-c3ccccc3)cc(=O)n21. The van der Waals surface area contributed by atoms with Crippen molar-refractivity contribution in [3.63, 3.8) is 0 Å². The zero-order chi connectivity index (χ0) is 12.7. The van der Waals surface area contributed by atoms with Gasteiger partial charge in [-0.25, -0.2) is 0 Å². The van der Waals surface area contributed by atoms with Gasteiger partial charge in [0, 0.05) is 23.3 Å². The molecule has 1 aromatic heterocycles. The molecule has 2 aromatic rings. The van der Waals surface area contributed by atoms with Gasteiger partial charge in [-0.05, 0) is 18.1 Å². The third-order valence-corrected chi connectivity index (χ3v) is 4.77. The first kappa shape index (κ1) is 11.6. The molecule has 3 rings (SSSR count). The van der Waals surface area contributed by atoms with Crippen molar-refractivity contribution in [2.24, 2.45) is 0 Å². The number of benzene rings is 1. The predicted molar refractivity (Wildman–Crippen MR) is 72.1 cm³/mol. The van der Waals surface area contributed by atoms with E-state index in [0.29, 0.717) is 10.8 Å².